The standard InChI is InChI=1S/C14H18O2/c1-3-10-15-12-14(16-11-4-2)13-8-6-5-7-9-13/h3-9,14H,1-2,10-12H2. The van der Waals surface area contributed by atoms with Crippen LogP contribution in [0, 0.1) is 0 Å². The smallest absolute Gasteiger partial charge is 0.106 e. The van der Waals surface area contributed by atoms with Crippen LogP contribution in [0.2, 0.25) is 0 Å². The highest BCUT2D eigenvalue weighted by Gasteiger charge is 2.10. The lowest BCUT2D eigenvalue weighted by molar-refractivity contribution is 0.000729. The lowest BCUT2D eigenvalue weighted by Gasteiger charge is -2.17. The van der Waals surface area contributed by atoms with Crippen molar-refractivity contribution in [3.05, 3.63) is 61.2 Å². The van der Waals surface area contributed by atoms with Gasteiger partial charge in [0.2, 0.25) is 0 Å². The third-order valence-electron chi connectivity index (χ3n) is 2.09. The van der Waals surface area contributed by atoms with Gasteiger partial charge in [0.15, 0.2) is 0 Å². The highest BCUT2D eigenvalue weighted by Crippen LogP contribution is 2.17. The lowest BCUT2D eigenvalue weighted by atomic mass is 10.1. The number of benzene rings is 1. The summed E-state index contributed by atoms with van der Waals surface area (Å²) < 4.78 is 11.1. The van der Waals surface area contributed by atoms with Gasteiger partial charge in [-0.05, 0) is 5.56 Å². The molecule has 0 N–H and O–H groups in total. The van der Waals surface area contributed by atoms with Gasteiger partial charge in [0.25, 0.3) is 0 Å². The van der Waals surface area contributed by atoms with Crippen LogP contribution >= 0.6 is 0 Å². The summed E-state index contributed by atoms with van der Waals surface area (Å²) in [4.78, 5) is 0. The van der Waals surface area contributed by atoms with Crippen molar-refractivity contribution >= 4 is 0 Å². The van der Waals surface area contributed by atoms with Gasteiger partial charge in [-0.15, -0.1) is 13.2 Å². The Hall–Kier alpha value is -1.38. The summed E-state index contributed by atoms with van der Waals surface area (Å²) in [5, 5.41) is 0. The number of hydrogen-bond donors (Lipinski definition) is 0. The Morgan fingerprint density at radius 3 is 2.38 bits per heavy atom. The average Bonchev–Trinajstić information content (AvgIpc) is 2.35. The molecule has 0 amide bonds. The summed E-state index contributed by atoms with van der Waals surface area (Å²) in [6.07, 6.45) is 3.43. The molecular weight excluding hydrogens is 200 g/mol. The van der Waals surface area contributed by atoms with E-state index >= 15 is 0 Å². The molecule has 0 bridgehead atoms. The van der Waals surface area contributed by atoms with Crippen molar-refractivity contribution in [2.24, 2.45) is 0 Å². The van der Waals surface area contributed by atoms with Crippen molar-refractivity contribution in [1.29, 1.82) is 0 Å². The molecule has 2 heteroatoms. The maximum Gasteiger partial charge on any atom is 0.106 e. The molecule has 1 atom stereocenters. The second-order valence-electron chi connectivity index (χ2n) is 3.35. The first-order chi connectivity index (χ1) is 7.88. The Morgan fingerprint density at radius 1 is 1.06 bits per heavy atom. The Bertz CT molecular complexity index is 306. The Labute approximate surface area is 97.2 Å². The van der Waals surface area contributed by atoms with E-state index in [9.17, 15) is 0 Å². The summed E-state index contributed by atoms with van der Waals surface area (Å²) in [7, 11) is 0. The van der Waals surface area contributed by atoms with Crippen LogP contribution in [0.3, 0.4) is 0 Å². The van der Waals surface area contributed by atoms with Gasteiger partial charge in [-0.1, -0.05) is 42.5 Å². The van der Waals surface area contributed by atoms with E-state index < -0.39 is 0 Å². The predicted molar refractivity (Wildman–Crippen MR) is 66.3 cm³/mol. The molecule has 0 aromatic heterocycles. The van der Waals surface area contributed by atoms with Gasteiger partial charge >= 0.3 is 0 Å². The fourth-order valence-corrected chi connectivity index (χ4v) is 1.35. The molecule has 0 saturated carbocycles. The maximum atomic E-state index is 5.65. The zero-order valence-electron chi connectivity index (χ0n) is 9.47. The average molecular weight is 218 g/mol. The molecule has 0 heterocycles. The normalized spacial score (nSPS) is 12.0. The zero-order valence-corrected chi connectivity index (χ0v) is 9.47. The van der Waals surface area contributed by atoms with E-state index in [2.05, 4.69) is 13.2 Å². The van der Waals surface area contributed by atoms with Gasteiger partial charge in [0.1, 0.15) is 6.10 Å². The molecule has 1 aromatic carbocycles. The van der Waals surface area contributed by atoms with Crippen LogP contribution < -0.4 is 0 Å². The highest BCUT2D eigenvalue weighted by atomic mass is 16.5. The number of ether oxygens (including phenoxy) is 2. The van der Waals surface area contributed by atoms with E-state index in [0.29, 0.717) is 19.8 Å². The fraction of sp³-hybridized carbons (Fsp3) is 0.286. The quantitative estimate of drug-likeness (QED) is 0.493. The summed E-state index contributed by atoms with van der Waals surface area (Å²) >= 11 is 0. The van der Waals surface area contributed by atoms with Gasteiger partial charge in [-0.25, -0.2) is 0 Å². The first kappa shape index (κ1) is 12.7. The van der Waals surface area contributed by atoms with E-state index in [1.807, 2.05) is 30.3 Å². The molecule has 0 saturated heterocycles. The van der Waals surface area contributed by atoms with E-state index in [-0.39, 0.29) is 6.10 Å². The Balaban J connectivity index is 2.55. The number of hydrogen-bond acceptors (Lipinski definition) is 2. The van der Waals surface area contributed by atoms with Crippen molar-refractivity contribution in [2.45, 2.75) is 6.10 Å². The largest absolute Gasteiger partial charge is 0.374 e. The summed E-state index contributed by atoms with van der Waals surface area (Å²) in [6.45, 7) is 8.85. The van der Waals surface area contributed by atoms with Gasteiger partial charge in [0.05, 0.1) is 19.8 Å². The molecule has 0 aliphatic heterocycles. The van der Waals surface area contributed by atoms with Gasteiger partial charge < -0.3 is 9.47 Å². The first-order valence-electron chi connectivity index (χ1n) is 5.34. The molecule has 1 aromatic rings. The number of rotatable bonds is 8. The minimum atomic E-state index is -0.0425. The molecule has 0 aliphatic rings. The monoisotopic (exact) mass is 218 g/mol. The highest BCUT2D eigenvalue weighted by molar-refractivity contribution is 5.17. The van der Waals surface area contributed by atoms with Crippen LogP contribution in [-0.4, -0.2) is 19.8 Å². The van der Waals surface area contributed by atoms with Gasteiger partial charge in [-0.2, -0.15) is 0 Å². The topological polar surface area (TPSA) is 18.5 Å². The second kappa shape index (κ2) is 7.85. The predicted octanol–water partition coefficient (Wildman–Crippen LogP) is 3.13. The molecule has 1 unspecified atom stereocenters. The van der Waals surface area contributed by atoms with E-state index in [1.54, 1.807) is 12.2 Å². The van der Waals surface area contributed by atoms with Crippen LogP contribution in [0.5, 0.6) is 0 Å². The SMILES string of the molecule is C=CCOCC(OCC=C)c1ccccc1. The summed E-state index contributed by atoms with van der Waals surface area (Å²) in [5.74, 6) is 0. The van der Waals surface area contributed by atoms with Crippen LogP contribution in [0.15, 0.2) is 55.6 Å². The molecular formula is C14H18O2. The van der Waals surface area contributed by atoms with Crippen molar-refractivity contribution in [3.8, 4) is 0 Å². The molecule has 2 nitrogen and oxygen atoms in total. The molecule has 0 fully saturated rings. The zero-order chi connectivity index (χ0) is 11.6. The van der Waals surface area contributed by atoms with E-state index in [0.717, 1.165) is 5.56 Å². The minimum Gasteiger partial charge on any atom is -0.374 e. The fourth-order valence-electron chi connectivity index (χ4n) is 1.35. The van der Waals surface area contributed by atoms with Crippen molar-refractivity contribution in [1.82, 2.24) is 0 Å². The maximum absolute atomic E-state index is 5.65. The van der Waals surface area contributed by atoms with Gasteiger partial charge in [0, 0.05) is 0 Å². The van der Waals surface area contributed by atoms with E-state index in [4.69, 9.17) is 9.47 Å². The summed E-state index contributed by atoms with van der Waals surface area (Å²) in [6, 6.07) is 10.0. The van der Waals surface area contributed by atoms with Crippen LogP contribution in [0.25, 0.3) is 0 Å². The second-order valence-corrected chi connectivity index (χ2v) is 3.35. The third kappa shape index (κ3) is 4.43. The van der Waals surface area contributed by atoms with Crippen LogP contribution in [0.1, 0.15) is 11.7 Å². The Morgan fingerprint density at radius 2 is 1.75 bits per heavy atom. The van der Waals surface area contributed by atoms with Crippen molar-refractivity contribution in [3.63, 3.8) is 0 Å². The lowest BCUT2D eigenvalue weighted by Crippen LogP contribution is -2.12. The van der Waals surface area contributed by atoms with Crippen LogP contribution in [-0.2, 0) is 9.47 Å². The minimum absolute atomic E-state index is 0.0425. The molecule has 0 radical (unpaired) electrons. The molecule has 86 valence electrons. The third-order valence-corrected chi connectivity index (χ3v) is 2.09. The molecule has 0 spiro atoms. The van der Waals surface area contributed by atoms with Crippen LogP contribution in [0.4, 0.5) is 0 Å². The molecule has 0 aliphatic carbocycles. The summed E-state index contributed by atoms with van der Waals surface area (Å²) in [5.41, 5.74) is 1.12. The van der Waals surface area contributed by atoms with Gasteiger partial charge in [-0.3, -0.25) is 0 Å². The molecule has 16 heavy (non-hydrogen) atoms. The van der Waals surface area contributed by atoms with Crippen molar-refractivity contribution in [2.75, 3.05) is 19.8 Å². The van der Waals surface area contributed by atoms with Crippen molar-refractivity contribution < 1.29 is 9.47 Å². The Kier molecular flexibility index (Phi) is 6.23. The first-order valence-corrected chi connectivity index (χ1v) is 5.34. The molecule has 1 rings (SSSR count). The van der Waals surface area contributed by atoms with E-state index in [1.165, 1.54) is 0 Å².